The van der Waals surface area contributed by atoms with Crippen LogP contribution in [0.2, 0.25) is 0 Å². The molecule has 0 bridgehead atoms. The van der Waals surface area contributed by atoms with Crippen molar-refractivity contribution in [2.24, 2.45) is 0 Å². The Hall–Kier alpha value is -1.92. The summed E-state index contributed by atoms with van der Waals surface area (Å²) in [6.45, 7) is 4.85. The second-order valence-corrected chi connectivity index (χ2v) is 21.7. The van der Waals surface area contributed by atoms with Crippen molar-refractivity contribution >= 4 is 11.9 Å². The molecule has 3 N–H and O–H groups in total. The van der Waals surface area contributed by atoms with Crippen LogP contribution >= 0.6 is 0 Å². The van der Waals surface area contributed by atoms with Gasteiger partial charge in [-0.05, 0) is 57.8 Å². The van der Waals surface area contributed by atoms with Gasteiger partial charge in [-0.3, -0.25) is 9.59 Å². The van der Waals surface area contributed by atoms with E-state index in [2.05, 4.69) is 43.5 Å². The Morgan fingerprint density at radius 2 is 0.732 bits per heavy atom. The summed E-state index contributed by atoms with van der Waals surface area (Å²) in [7, 11) is 0. The van der Waals surface area contributed by atoms with Crippen LogP contribution in [0, 0.1) is 0 Å². The Labute approximate surface area is 443 Å². The molecule has 0 heterocycles. The maximum atomic E-state index is 12.5. The molecule has 6 nitrogen and oxygen atoms in total. The number of hydrogen-bond donors (Lipinski definition) is 3. The normalized spacial score (nSPS) is 12.8. The Kier molecular flexibility index (Phi) is 59.0. The van der Waals surface area contributed by atoms with E-state index in [-0.39, 0.29) is 18.5 Å². The van der Waals surface area contributed by atoms with Crippen LogP contribution in [-0.2, 0) is 14.3 Å². The summed E-state index contributed by atoms with van der Waals surface area (Å²) in [5.74, 6) is -0.0684. The lowest BCUT2D eigenvalue weighted by molar-refractivity contribution is -0.143. The van der Waals surface area contributed by atoms with E-state index in [9.17, 15) is 19.8 Å². The number of ether oxygens (including phenoxy) is 1. The van der Waals surface area contributed by atoms with Crippen molar-refractivity contribution in [3.63, 3.8) is 0 Å². The number of nitrogens with one attached hydrogen (secondary N) is 1. The SMILES string of the molecule is CCC/C=C\C/C=C\CCCCCCCC(=O)OCCCCCCCCCCCCCCCCCCCCCCCCC(=O)NC(CO)C(O)/C=C/CCCCCCCCCCCCCCCCCCC. The zero-order valence-corrected chi connectivity index (χ0v) is 47.7. The van der Waals surface area contributed by atoms with Crippen molar-refractivity contribution in [1.29, 1.82) is 0 Å². The Morgan fingerprint density at radius 3 is 1.13 bits per heavy atom. The van der Waals surface area contributed by atoms with E-state index in [0.29, 0.717) is 19.4 Å². The van der Waals surface area contributed by atoms with Crippen molar-refractivity contribution in [2.75, 3.05) is 13.2 Å². The summed E-state index contributed by atoms with van der Waals surface area (Å²) < 4.78 is 5.47. The average Bonchev–Trinajstić information content (AvgIpc) is 3.37. The first kappa shape index (κ1) is 69.1. The van der Waals surface area contributed by atoms with Crippen LogP contribution in [0.5, 0.6) is 0 Å². The minimum Gasteiger partial charge on any atom is -0.466 e. The summed E-state index contributed by atoms with van der Waals surface area (Å²) in [5.41, 5.74) is 0. The third-order valence-corrected chi connectivity index (χ3v) is 14.6. The molecule has 0 aliphatic rings. The van der Waals surface area contributed by atoms with Gasteiger partial charge >= 0.3 is 5.97 Å². The number of allylic oxidation sites excluding steroid dienone is 5. The van der Waals surface area contributed by atoms with Gasteiger partial charge in [0, 0.05) is 12.8 Å². The lowest BCUT2D eigenvalue weighted by Gasteiger charge is -2.20. The lowest BCUT2D eigenvalue weighted by atomic mass is 10.0. The Bertz CT molecular complexity index is 1150. The molecule has 2 atom stereocenters. The molecule has 0 aliphatic carbocycles. The second-order valence-electron chi connectivity index (χ2n) is 21.7. The minimum atomic E-state index is -0.846. The molecule has 0 radical (unpaired) electrons. The average molecular weight is 999 g/mol. The number of unbranched alkanes of at least 4 members (excludes halogenated alkanes) is 44. The van der Waals surface area contributed by atoms with Crippen molar-refractivity contribution in [2.45, 2.75) is 353 Å². The van der Waals surface area contributed by atoms with Gasteiger partial charge in [0.1, 0.15) is 0 Å². The van der Waals surface area contributed by atoms with Gasteiger partial charge in [-0.1, -0.05) is 307 Å². The number of carbonyl (C=O) groups is 2. The maximum absolute atomic E-state index is 12.5. The summed E-state index contributed by atoms with van der Waals surface area (Å²) in [6.07, 6.45) is 76.2. The van der Waals surface area contributed by atoms with Crippen LogP contribution in [0.3, 0.4) is 0 Å². The predicted octanol–water partition coefficient (Wildman–Crippen LogP) is 20.0. The van der Waals surface area contributed by atoms with Gasteiger partial charge in [-0.25, -0.2) is 0 Å². The van der Waals surface area contributed by atoms with Gasteiger partial charge in [-0.2, -0.15) is 0 Å². The zero-order chi connectivity index (χ0) is 51.4. The highest BCUT2D eigenvalue weighted by Gasteiger charge is 2.18. The third-order valence-electron chi connectivity index (χ3n) is 14.6. The first-order chi connectivity index (χ1) is 35.0. The fraction of sp³-hybridized carbons (Fsp3) is 0.877. The minimum absolute atomic E-state index is 0.00254. The molecule has 6 heteroatoms. The van der Waals surface area contributed by atoms with E-state index in [1.54, 1.807) is 6.08 Å². The molecule has 0 aromatic heterocycles. The molecule has 0 saturated carbocycles. The molecule has 2 unspecified atom stereocenters. The molecule has 0 fully saturated rings. The summed E-state index contributed by atoms with van der Waals surface area (Å²) in [6, 6.07) is -0.629. The van der Waals surface area contributed by atoms with E-state index in [1.807, 2.05) is 6.08 Å². The summed E-state index contributed by atoms with van der Waals surface area (Å²) >= 11 is 0. The van der Waals surface area contributed by atoms with E-state index in [4.69, 9.17) is 4.74 Å². The first-order valence-electron chi connectivity index (χ1n) is 31.8. The van der Waals surface area contributed by atoms with E-state index < -0.39 is 12.1 Å². The highest BCUT2D eigenvalue weighted by atomic mass is 16.5. The quantitative estimate of drug-likeness (QED) is 0.0321. The second kappa shape index (κ2) is 60.6. The number of aliphatic hydroxyl groups excluding tert-OH is 2. The molecular formula is C65H123NO5. The molecule has 0 rings (SSSR count). The zero-order valence-electron chi connectivity index (χ0n) is 47.7. The van der Waals surface area contributed by atoms with Gasteiger partial charge < -0.3 is 20.3 Å². The Balaban J connectivity index is 3.42. The lowest BCUT2D eigenvalue weighted by Crippen LogP contribution is -2.45. The van der Waals surface area contributed by atoms with Crippen molar-refractivity contribution in [3.05, 3.63) is 36.5 Å². The molecule has 0 aromatic carbocycles. The number of esters is 1. The number of carbonyl (C=O) groups excluding carboxylic acids is 2. The van der Waals surface area contributed by atoms with Gasteiger partial charge in [0.05, 0.1) is 25.4 Å². The monoisotopic (exact) mass is 998 g/mol. The fourth-order valence-electron chi connectivity index (χ4n) is 9.79. The smallest absolute Gasteiger partial charge is 0.305 e. The van der Waals surface area contributed by atoms with Crippen LogP contribution in [0.15, 0.2) is 36.5 Å². The van der Waals surface area contributed by atoms with Gasteiger partial charge in [-0.15, -0.1) is 0 Å². The largest absolute Gasteiger partial charge is 0.466 e. The molecule has 0 aliphatic heterocycles. The van der Waals surface area contributed by atoms with Gasteiger partial charge in [0.2, 0.25) is 5.91 Å². The van der Waals surface area contributed by atoms with Gasteiger partial charge in [0.25, 0.3) is 0 Å². The number of aliphatic hydroxyl groups is 2. The number of amides is 1. The highest BCUT2D eigenvalue weighted by Crippen LogP contribution is 2.18. The fourth-order valence-corrected chi connectivity index (χ4v) is 9.79. The van der Waals surface area contributed by atoms with Crippen LogP contribution in [0.1, 0.15) is 341 Å². The first-order valence-corrected chi connectivity index (χ1v) is 31.8. The summed E-state index contributed by atoms with van der Waals surface area (Å²) in [4.78, 5) is 24.5. The molecule has 0 spiro atoms. The van der Waals surface area contributed by atoms with Crippen LogP contribution in [0.25, 0.3) is 0 Å². The van der Waals surface area contributed by atoms with Crippen LogP contribution in [0.4, 0.5) is 0 Å². The highest BCUT2D eigenvalue weighted by molar-refractivity contribution is 5.76. The van der Waals surface area contributed by atoms with Crippen molar-refractivity contribution < 1.29 is 24.5 Å². The molecule has 71 heavy (non-hydrogen) atoms. The van der Waals surface area contributed by atoms with Crippen LogP contribution in [-0.4, -0.2) is 47.4 Å². The molecular weight excluding hydrogens is 875 g/mol. The van der Waals surface area contributed by atoms with Gasteiger partial charge in [0.15, 0.2) is 0 Å². The van der Waals surface area contributed by atoms with E-state index in [1.165, 1.54) is 263 Å². The van der Waals surface area contributed by atoms with Crippen molar-refractivity contribution in [3.8, 4) is 0 Å². The topological polar surface area (TPSA) is 95.9 Å². The van der Waals surface area contributed by atoms with Crippen LogP contribution < -0.4 is 5.32 Å². The third kappa shape index (κ3) is 57.2. The molecule has 0 saturated heterocycles. The molecule has 0 aromatic rings. The Morgan fingerprint density at radius 1 is 0.394 bits per heavy atom. The summed E-state index contributed by atoms with van der Waals surface area (Å²) in [5, 5.41) is 23.2. The maximum Gasteiger partial charge on any atom is 0.305 e. The van der Waals surface area contributed by atoms with Crippen molar-refractivity contribution in [1.82, 2.24) is 5.32 Å². The van der Waals surface area contributed by atoms with E-state index >= 15 is 0 Å². The number of hydrogen-bond acceptors (Lipinski definition) is 5. The van der Waals surface area contributed by atoms with E-state index in [0.717, 1.165) is 51.4 Å². The molecule has 418 valence electrons. The standard InChI is InChI=1S/C65H123NO5/c1-3-5-7-9-11-13-15-17-18-19-24-27-30-34-37-41-45-49-53-57-63(68)62(61-67)66-64(69)58-54-50-46-42-38-35-31-28-25-22-20-21-23-26-29-32-36-40-44-48-52-56-60-71-65(70)59-55-51-47-43-39-33-16-14-12-10-8-6-4-2/h8,10,14,16,53,57,62-63,67-68H,3-7,9,11-13,15,17-52,54-56,58-61H2,1-2H3,(H,66,69)/b10-8-,16-14-,57-53+. The number of rotatable bonds is 59. The molecule has 1 amide bonds. The predicted molar refractivity (Wildman–Crippen MR) is 310 cm³/mol.